The molecule has 0 aliphatic rings. The number of aromatic nitrogens is 2. The fourth-order valence-electron chi connectivity index (χ4n) is 2.57. The van der Waals surface area contributed by atoms with Gasteiger partial charge in [0.1, 0.15) is 22.0 Å². The van der Waals surface area contributed by atoms with Gasteiger partial charge in [0.05, 0.1) is 12.2 Å². The summed E-state index contributed by atoms with van der Waals surface area (Å²) in [5.74, 6) is 0.382. The molecule has 25 heavy (non-hydrogen) atoms. The molecule has 0 spiro atoms. The Morgan fingerprint density at radius 1 is 1.32 bits per heavy atom. The molecule has 0 unspecified atom stereocenters. The number of thiazole rings is 1. The lowest BCUT2D eigenvalue weighted by atomic mass is 9.88. The highest BCUT2D eigenvalue weighted by Gasteiger charge is 2.28. The number of nitrogens with one attached hydrogen (secondary N) is 1. The van der Waals surface area contributed by atoms with E-state index in [0.717, 1.165) is 30.3 Å². The van der Waals surface area contributed by atoms with Crippen LogP contribution in [0.25, 0.3) is 0 Å². The Kier molecular flexibility index (Phi) is 6.35. The Balaban J connectivity index is 2.02. The molecule has 0 aliphatic heterocycles. The van der Waals surface area contributed by atoms with Crippen LogP contribution in [0.4, 0.5) is 0 Å². The summed E-state index contributed by atoms with van der Waals surface area (Å²) >= 11 is 1.57. The molecule has 1 N–H and O–H groups in total. The minimum absolute atomic E-state index is 0.163. The first kappa shape index (κ1) is 19.6. The van der Waals surface area contributed by atoms with Gasteiger partial charge in [-0.1, -0.05) is 39.8 Å². The molecular weight excluding hydrogens is 336 g/mol. The molecule has 0 aliphatic carbocycles. The van der Waals surface area contributed by atoms with Gasteiger partial charge in [0, 0.05) is 17.3 Å². The van der Waals surface area contributed by atoms with E-state index >= 15 is 0 Å². The van der Waals surface area contributed by atoms with E-state index in [1.54, 1.807) is 18.3 Å². The van der Waals surface area contributed by atoms with Gasteiger partial charge in [0.25, 0.3) is 5.91 Å². The largest absolute Gasteiger partial charge is 0.361 e. The zero-order chi connectivity index (χ0) is 18.6. The number of amides is 1. The lowest BCUT2D eigenvalue weighted by Gasteiger charge is -2.16. The lowest BCUT2D eigenvalue weighted by molar-refractivity contribution is 0.0947. The van der Waals surface area contributed by atoms with E-state index in [2.05, 4.69) is 39.6 Å². The molecule has 2 aromatic rings. The molecule has 0 radical (unpaired) electrons. The van der Waals surface area contributed by atoms with Gasteiger partial charge in [-0.15, -0.1) is 11.3 Å². The predicted octanol–water partition coefficient (Wildman–Crippen LogP) is 3.51. The maximum Gasteiger partial charge on any atom is 0.257 e. The summed E-state index contributed by atoms with van der Waals surface area (Å²) in [5.41, 5.74) is 2.02. The first-order valence-electron chi connectivity index (χ1n) is 8.66. The summed E-state index contributed by atoms with van der Waals surface area (Å²) in [5, 5.41) is 9.97. The van der Waals surface area contributed by atoms with Gasteiger partial charge >= 0.3 is 0 Å². The first-order valence-corrected chi connectivity index (χ1v) is 9.54. The van der Waals surface area contributed by atoms with Crippen LogP contribution in [0.2, 0.25) is 0 Å². The third kappa shape index (κ3) is 4.89. The van der Waals surface area contributed by atoms with Gasteiger partial charge in [0.15, 0.2) is 0 Å². The highest BCUT2D eigenvalue weighted by atomic mass is 32.1. The van der Waals surface area contributed by atoms with Gasteiger partial charge in [-0.3, -0.25) is 9.69 Å². The van der Waals surface area contributed by atoms with E-state index in [1.165, 1.54) is 0 Å². The summed E-state index contributed by atoms with van der Waals surface area (Å²) < 4.78 is 5.24. The number of carbonyl (C=O) groups is 1. The molecule has 0 aromatic carbocycles. The van der Waals surface area contributed by atoms with E-state index < -0.39 is 0 Å². The van der Waals surface area contributed by atoms with E-state index in [9.17, 15) is 4.79 Å². The number of carbonyl (C=O) groups excluding carboxylic acids is 1. The quantitative estimate of drug-likeness (QED) is 0.814. The first-order chi connectivity index (χ1) is 11.8. The van der Waals surface area contributed by atoms with Crippen molar-refractivity contribution in [3.05, 3.63) is 33.1 Å². The highest BCUT2D eigenvalue weighted by Crippen LogP contribution is 2.26. The fraction of sp³-hybridized carbons (Fsp3) is 0.611. The molecule has 2 rings (SSSR count). The topological polar surface area (TPSA) is 71.3 Å². The molecule has 2 heterocycles. The summed E-state index contributed by atoms with van der Waals surface area (Å²) in [4.78, 5) is 19.5. The Bertz CT molecular complexity index is 711. The molecule has 0 atom stereocenters. The second-order valence-electron chi connectivity index (χ2n) is 7.09. The standard InChI is InChI=1S/C18H28N4O2S/c1-7-22(8-2)10-13-11-25-14(20-13)9-19-17(23)15-12(3)24-21-16(15)18(4,5)6/h11H,7-10H2,1-6H3,(H,19,23). The molecule has 1 amide bonds. The Morgan fingerprint density at radius 2 is 2.00 bits per heavy atom. The molecule has 6 nitrogen and oxygen atoms in total. The minimum atomic E-state index is -0.247. The monoisotopic (exact) mass is 364 g/mol. The van der Waals surface area contributed by atoms with Crippen LogP contribution in [0, 0.1) is 6.92 Å². The Labute approximate surface area is 153 Å². The van der Waals surface area contributed by atoms with Crippen molar-refractivity contribution >= 4 is 17.2 Å². The maximum absolute atomic E-state index is 12.6. The Morgan fingerprint density at radius 3 is 2.60 bits per heavy atom. The van der Waals surface area contributed by atoms with Crippen molar-refractivity contribution in [1.82, 2.24) is 20.4 Å². The van der Waals surface area contributed by atoms with Gasteiger partial charge in [-0.05, 0) is 20.0 Å². The molecule has 0 saturated carbocycles. The van der Waals surface area contributed by atoms with Crippen LogP contribution in [0.1, 0.15) is 67.1 Å². The molecule has 7 heteroatoms. The summed E-state index contributed by atoms with van der Waals surface area (Å²) in [6.45, 7) is 15.4. The van der Waals surface area contributed by atoms with Crippen molar-refractivity contribution in [3.8, 4) is 0 Å². The average molecular weight is 365 g/mol. The number of hydrogen-bond donors (Lipinski definition) is 1. The fourth-order valence-corrected chi connectivity index (χ4v) is 3.30. The number of nitrogens with zero attached hydrogens (tertiary/aromatic N) is 3. The lowest BCUT2D eigenvalue weighted by Crippen LogP contribution is -2.27. The normalized spacial score (nSPS) is 12.0. The maximum atomic E-state index is 12.6. The van der Waals surface area contributed by atoms with Crippen LogP contribution in [0.3, 0.4) is 0 Å². The second-order valence-corrected chi connectivity index (χ2v) is 8.03. The molecule has 0 bridgehead atoms. The summed E-state index contributed by atoms with van der Waals surface area (Å²) in [6.07, 6.45) is 0. The van der Waals surface area contributed by atoms with Crippen molar-refractivity contribution in [2.45, 2.75) is 60.0 Å². The van der Waals surface area contributed by atoms with Gasteiger partial charge in [-0.2, -0.15) is 0 Å². The van der Waals surface area contributed by atoms with E-state index in [0.29, 0.717) is 23.6 Å². The third-order valence-electron chi connectivity index (χ3n) is 4.08. The average Bonchev–Trinajstić information content (AvgIpc) is 3.16. The third-order valence-corrected chi connectivity index (χ3v) is 4.98. The van der Waals surface area contributed by atoms with Crippen LogP contribution in [0.5, 0.6) is 0 Å². The molecular formula is C18H28N4O2S. The van der Waals surface area contributed by atoms with Crippen molar-refractivity contribution in [2.24, 2.45) is 0 Å². The SMILES string of the molecule is CCN(CC)Cc1csc(CNC(=O)c2c(C(C)(C)C)noc2C)n1. The number of rotatable bonds is 7. The van der Waals surface area contributed by atoms with E-state index in [1.807, 2.05) is 20.8 Å². The van der Waals surface area contributed by atoms with E-state index in [-0.39, 0.29) is 11.3 Å². The molecule has 2 aromatic heterocycles. The molecule has 138 valence electrons. The second kappa shape index (κ2) is 8.10. The smallest absolute Gasteiger partial charge is 0.257 e. The van der Waals surface area contributed by atoms with Crippen molar-refractivity contribution in [1.29, 1.82) is 0 Å². The zero-order valence-corrected chi connectivity index (χ0v) is 16.8. The van der Waals surface area contributed by atoms with Crippen LogP contribution >= 0.6 is 11.3 Å². The van der Waals surface area contributed by atoms with Gasteiger partial charge in [-0.25, -0.2) is 4.98 Å². The van der Waals surface area contributed by atoms with Crippen LogP contribution in [0.15, 0.2) is 9.90 Å². The molecule has 0 fully saturated rings. The Hall–Kier alpha value is -1.73. The van der Waals surface area contributed by atoms with Crippen molar-refractivity contribution in [2.75, 3.05) is 13.1 Å². The highest BCUT2D eigenvalue weighted by molar-refractivity contribution is 7.09. The number of hydrogen-bond acceptors (Lipinski definition) is 6. The van der Waals surface area contributed by atoms with Crippen molar-refractivity contribution < 1.29 is 9.32 Å². The summed E-state index contributed by atoms with van der Waals surface area (Å²) in [7, 11) is 0. The van der Waals surface area contributed by atoms with Crippen LogP contribution in [-0.4, -0.2) is 34.0 Å². The minimum Gasteiger partial charge on any atom is -0.361 e. The number of aryl methyl sites for hydroxylation is 1. The van der Waals surface area contributed by atoms with Crippen LogP contribution < -0.4 is 5.32 Å². The van der Waals surface area contributed by atoms with Gasteiger partial charge in [0.2, 0.25) is 0 Å². The predicted molar refractivity (Wildman–Crippen MR) is 99.8 cm³/mol. The zero-order valence-electron chi connectivity index (χ0n) is 16.0. The van der Waals surface area contributed by atoms with Crippen LogP contribution in [-0.2, 0) is 18.5 Å². The van der Waals surface area contributed by atoms with Crippen molar-refractivity contribution in [3.63, 3.8) is 0 Å². The molecule has 0 saturated heterocycles. The van der Waals surface area contributed by atoms with Gasteiger partial charge < -0.3 is 9.84 Å². The van der Waals surface area contributed by atoms with E-state index in [4.69, 9.17) is 4.52 Å². The summed E-state index contributed by atoms with van der Waals surface area (Å²) in [6, 6.07) is 0.